The van der Waals surface area contributed by atoms with E-state index >= 15 is 0 Å². The number of hydrogen-bond acceptors (Lipinski definition) is 5. The van der Waals surface area contributed by atoms with Crippen molar-refractivity contribution >= 4 is 34.9 Å². The summed E-state index contributed by atoms with van der Waals surface area (Å²) in [6.45, 7) is 7.00. The second-order valence-corrected chi connectivity index (χ2v) is 7.89. The minimum atomic E-state index is -0.452. The number of nitrogens with one attached hydrogen (secondary N) is 1. The highest BCUT2D eigenvalue weighted by molar-refractivity contribution is 7.80. The van der Waals surface area contributed by atoms with E-state index in [-0.39, 0.29) is 5.91 Å². The largest absolute Gasteiger partial charge is 0.497 e. The first-order chi connectivity index (χ1) is 15.9. The Balaban J connectivity index is 2.11. The molecule has 0 bridgehead atoms. The Morgan fingerprint density at radius 1 is 1.03 bits per heavy atom. The number of esters is 1. The third kappa shape index (κ3) is 4.85. The SMILES string of the molecule is CCN(CC)C(=O)C1=C(C)N(c2ccc(OC)cc2)C(=S)NC1c1ccc(C(=O)OC)cc1. The average Bonchev–Trinajstić information content (AvgIpc) is 2.84. The fraction of sp³-hybridized carbons (Fsp3) is 0.320. The normalized spacial score (nSPS) is 15.7. The van der Waals surface area contributed by atoms with E-state index < -0.39 is 12.0 Å². The minimum Gasteiger partial charge on any atom is -0.497 e. The van der Waals surface area contributed by atoms with E-state index in [1.807, 2.05) is 62.1 Å². The van der Waals surface area contributed by atoms with Crippen molar-refractivity contribution in [2.45, 2.75) is 26.8 Å². The number of amides is 1. The quantitative estimate of drug-likeness (QED) is 0.486. The summed E-state index contributed by atoms with van der Waals surface area (Å²) in [4.78, 5) is 29.1. The second-order valence-electron chi connectivity index (χ2n) is 7.51. The Morgan fingerprint density at radius 2 is 1.64 bits per heavy atom. The van der Waals surface area contributed by atoms with Crippen molar-refractivity contribution in [2.75, 3.05) is 32.2 Å². The van der Waals surface area contributed by atoms with Gasteiger partial charge >= 0.3 is 5.97 Å². The molecule has 2 aromatic carbocycles. The molecule has 1 amide bonds. The number of carbonyl (C=O) groups excluding carboxylic acids is 2. The lowest BCUT2D eigenvalue weighted by Crippen LogP contribution is -2.50. The number of hydrogen-bond donors (Lipinski definition) is 1. The predicted molar refractivity (Wildman–Crippen MR) is 132 cm³/mol. The highest BCUT2D eigenvalue weighted by atomic mass is 32.1. The zero-order valence-electron chi connectivity index (χ0n) is 19.5. The van der Waals surface area contributed by atoms with Gasteiger partial charge in [-0.1, -0.05) is 12.1 Å². The molecule has 0 saturated carbocycles. The third-order valence-electron chi connectivity index (χ3n) is 5.76. The monoisotopic (exact) mass is 467 g/mol. The summed E-state index contributed by atoms with van der Waals surface area (Å²) in [5.41, 5.74) is 3.46. The molecule has 174 valence electrons. The minimum absolute atomic E-state index is 0.0620. The predicted octanol–water partition coefficient (Wildman–Crippen LogP) is 4.06. The lowest BCUT2D eigenvalue weighted by Gasteiger charge is -2.39. The smallest absolute Gasteiger partial charge is 0.337 e. The first-order valence-corrected chi connectivity index (χ1v) is 11.2. The van der Waals surface area contributed by atoms with Gasteiger partial charge in [0, 0.05) is 24.5 Å². The van der Waals surface area contributed by atoms with Gasteiger partial charge in [-0.2, -0.15) is 0 Å². The summed E-state index contributed by atoms with van der Waals surface area (Å²) >= 11 is 5.72. The number of ether oxygens (including phenoxy) is 2. The standard InChI is InChI=1S/C25H29N3O4S/c1-6-27(7-2)23(29)21-16(3)28(19-12-14-20(31-4)15-13-19)25(33)26-22(21)17-8-10-18(11-9-17)24(30)32-5/h8-15,22H,6-7H2,1-5H3,(H,26,33). The average molecular weight is 468 g/mol. The number of likely N-dealkylation sites (N-methyl/N-ethyl adjacent to an activating group) is 1. The Hall–Kier alpha value is -3.39. The maximum absolute atomic E-state index is 13.6. The van der Waals surface area contributed by atoms with Crippen LogP contribution in [0.15, 0.2) is 59.8 Å². The number of benzene rings is 2. The summed E-state index contributed by atoms with van der Waals surface area (Å²) in [5, 5.41) is 3.82. The summed E-state index contributed by atoms with van der Waals surface area (Å²) in [6, 6.07) is 14.1. The van der Waals surface area contributed by atoms with Crippen LogP contribution >= 0.6 is 12.2 Å². The van der Waals surface area contributed by atoms with Crippen molar-refractivity contribution in [3.05, 3.63) is 70.9 Å². The molecule has 0 aliphatic carbocycles. The van der Waals surface area contributed by atoms with Gasteiger partial charge in [-0.05, 0) is 75.0 Å². The van der Waals surface area contributed by atoms with E-state index in [4.69, 9.17) is 21.7 Å². The molecule has 1 heterocycles. The van der Waals surface area contributed by atoms with Crippen molar-refractivity contribution in [3.63, 3.8) is 0 Å². The number of methoxy groups -OCH3 is 2. The Bertz CT molecular complexity index is 1060. The van der Waals surface area contributed by atoms with Gasteiger partial charge in [-0.15, -0.1) is 0 Å². The molecule has 7 nitrogen and oxygen atoms in total. The molecule has 0 fully saturated rings. The van der Waals surface area contributed by atoms with E-state index in [2.05, 4.69) is 5.32 Å². The van der Waals surface area contributed by atoms with E-state index in [9.17, 15) is 9.59 Å². The van der Waals surface area contributed by atoms with Crippen molar-refractivity contribution in [1.82, 2.24) is 10.2 Å². The Morgan fingerprint density at radius 3 is 2.15 bits per heavy atom. The maximum atomic E-state index is 13.6. The number of rotatable bonds is 7. The lowest BCUT2D eigenvalue weighted by atomic mass is 9.93. The van der Waals surface area contributed by atoms with Crippen LogP contribution in [-0.4, -0.2) is 49.2 Å². The maximum Gasteiger partial charge on any atom is 0.337 e. The van der Waals surface area contributed by atoms with Gasteiger partial charge in [0.15, 0.2) is 5.11 Å². The van der Waals surface area contributed by atoms with Crippen LogP contribution in [0.3, 0.4) is 0 Å². The van der Waals surface area contributed by atoms with Crippen LogP contribution in [0.2, 0.25) is 0 Å². The molecular weight excluding hydrogens is 438 g/mol. The first kappa shape index (κ1) is 24.3. The first-order valence-electron chi connectivity index (χ1n) is 10.8. The van der Waals surface area contributed by atoms with Crippen LogP contribution in [0.5, 0.6) is 5.75 Å². The van der Waals surface area contributed by atoms with E-state index in [0.29, 0.717) is 29.3 Å². The zero-order chi connectivity index (χ0) is 24.1. The Labute approximate surface area is 200 Å². The number of allylic oxidation sites excluding steroid dienone is 1. The summed E-state index contributed by atoms with van der Waals surface area (Å²) in [6.07, 6.45) is 0. The van der Waals surface area contributed by atoms with Gasteiger partial charge in [-0.25, -0.2) is 4.79 Å². The molecule has 1 unspecified atom stereocenters. The van der Waals surface area contributed by atoms with Gasteiger partial charge in [0.2, 0.25) is 0 Å². The molecular formula is C25H29N3O4S. The molecule has 0 spiro atoms. The number of thiocarbonyl (C=S) groups is 1. The van der Waals surface area contributed by atoms with Crippen LogP contribution in [0, 0.1) is 0 Å². The van der Waals surface area contributed by atoms with Crippen molar-refractivity contribution in [1.29, 1.82) is 0 Å². The van der Waals surface area contributed by atoms with E-state index in [1.54, 1.807) is 24.1 Å². The molecule has 2 aromatic rings. The third-order valence-corrected chi connectivity index (χ3v) is 6.06. The van der Waals surface area contributed by atoms with Crippen LogP contribution in [0.1, 0.15) is 42.7 Å². The van der Waals surface area contributed by atoms with Gasteiger partial charge in [0.05, 0.1) is 31.4 Å². The Kier molecular flexibility index (Phi) is 7.71. The topological polar surface area (TPSA) is 71.1 Å². The highest BCUT2D eigenvalue weighted by Gasteiger charge is 2.36. The summed E-state index contributed by atoms with van der Waals surface area (Å²) in [7, 11) is 2.96. The molecule has 1 atom stereocenters. The fourth-order valence-electron chi connectivity index (χ4n) is 3.92. The molecule has 8 heteroatoms. The second kappa shape index (κ2) is 10.5. The van der Waals surface area contributed by atoms with Crippen molar-refractivity contribution in [3.8, 4) is 5.75 Å². The van der Waals surface area contributed by atoms with Crippen molar-refractivity contribution in [2.24, 2.45) is 0 Å². The van der Waals surface area contributed by atoms with Gasteiger partial charge in [0.1, 0.15) is 5.75 Å². The zero-order valence-corrected chi connectivity index (χ0v) is 20.4. The summed E-state index contributed by atoms with van der Waals surface area (Å²) in [5.74, 6) is 0.262. The number of anilines is 1. The molecule has 1 N–H and O–H groups in total. The van der Waals surface area contributed by atoms with E-state index in [1.165, 1.54) is 7.11 Å². The van der Waals surface area contributed by atoms with Crippen LogP contribution < -0.4 is 15.0 Å². The van der Waals surface area contributed by atoms with Gasteiger partial charge in [0.25, 0.3) is 5.91 Å². The fourth-order valence-corrected chi connectivity index (χ4v) is 4.28. The van der Waals surface area contributed by atoms with Gasteiger partial charge in [-0.3, -0.25) is 9.69 Å². The summed E-state index contributed by atoms with van der Waals surface area (Å²) < 4.78 is 10.1. The molecule has 3 rings (SSSR count). The van der Waals surface area contributed by atoms with E-state index in [0.717, 1.165) is 22.7 Å². The number of nitrogens with zero attached hydrogens (tertiary/aromatic N) is 2. The van der Waals surface area contributed by atoms with Gasteiger partial charge < -0.3 is 19.7 Å². The molecule has 0 aromatic heterocycles. The molecule has 1 aliphatic rings. The van der Waals surface area contributed by atoms with Crippen LogP contribution in [0.25, 0.3) is 0 Å². The lowest BCUT2D eigenvalue weighted by molar-refractivity contribution is -0.127. The van der Waals surface area contributed by atoms with Crippen molar-refractivity contribution < 1.29 is 19.1 Å². The molecule has 0 radical (unpaired) electrons. The molecule has 33 heavy (non-hydrogen) atoms. The molecule has 0 saturated heterocycles. The highest BCUT2D eigenvalue weighted by Crippen LogP contribution is 2.35. The number of carbonyl (C=O) groups is 2. The van der Waals surface area contributed by atoms with Crippen LogP contribution in [-0.2, 0) is 9.53 Å². The van der Waals surface area contributed by atoms with Crippen LogP contribution in [0.4, 0.5) is 5.69 Å². The molecule has 1 aliphatic heterocycles.